The zero-order valence-electron chi connectivity index (χ0n) is 11.1. The van der Waals surface area contributed by atoms with E-state index in [-0.39, 0.29) is 11.6 Å². The van der Waals surface area contributed by atoms with Gasteiger partial charge in [0.15, 0.2) is 0 Å². The fraction of sp³-hybridized carbons (Fsp3) is 0.600. The quantitative estimate of drug-likeness (QED) is 0.866. The van der Waals surface area contributed by atoms with Crippen LogP contribution in [-0.4, -0.2) is 5.60 Å². The third-order valence-electron chi connectivity index (χ3n) is 3.39. The van der Waals surface area contributed by atoms with E-state index in [0.29, 0.717) is 0 Å². The minimum atomic E-state index is -0.142. The molecule has 2 rings (SSSR count). The van der Waals surface area contributed by atoms with E-state index in [2.05, 4.69) is 39.0 Å². The molecule has 2 nitrogen and oxygen atoms in total. The molecule has 1 aromatic carbocycles. The van der Waals surface area contributed by atoms with Crippen LogP contribution in [0.15, 0.2) is 18.2 Å². The van der Waals surface area contributed by atoms with Crippen molar-refractivity contribution in [3.63, 3.8) is 0 Å². The minimum Gasteiger partial charge on any atom is -0.487 e. The summed E-state index contributed by atoms with van der Waals surface area (Å²) in [5, 5.41) is 0. The molecule has 1 aliphatic heterocycles. The molecule has 0 aromatic heterocycles. The highest BCUT2D eigenvalue weighted by molar-refractivity contribution is 5.41. The van der Waals surface area contributed by atoms with E-state index in [0.717, 1.165) is 18.6 Å². The Labute approximate surface area is 104 Å². The summed E-state index contributed by atoms with van der Waals surface area (Å²) >= 11 is 0. The van der Waals surface area contributed by atoms with E-state index < -0.39 is 0 Å². The van der Waals surface area contributed by atoms with E-state index in [9.17, 15) is 0 Å². The Kier molecular flexibility index (Phi) is 3.43. The number of fused-ring (bicyclic) bond motifs is 1. The van der Waals surface area contributed by atoms with Gasteiger partial charge in [0.2, 0.25) is 0 Å². The van der Waals surface area contributed by atoms with Crippen molar-refractivity contribution in [1.29, 1.82) is 0 Å². The SMILES string of the molecule is CCCCc1ccc2c(c1)C(N)CC(C)(C)O2. The van der Waals surface area contributed by atoms with Gasteiger partial charge in [-0.1, -0.05) is 25.5 Å². The highest BCUT2D eigenvalue weighted by Gasteiger charge is 2.31. The number of benzene rings is 1. The first-order chi connectivity index (χ1) is 8.02. The van der Waals surface area contributed by atoms with Crippen molar-refractivity contribution in [2.45, 2.75) is 58.1 Å². The Balaban J connectivity index is 2.24. The van der Waals surface area contributed by atoms with Gasteiger partial charge in [0, 0.05) is 18.0 Å². The van der Waals surface area contributed by atoms with Gasteiger partial charge in [-0.15, -0.1) is 0 Å². The molecular formula is C15H23NO. The topological polar surface area (TPSA) is 35.2 Å². The Hall–Kier alpha value is -1.02. The number of ether oxygens (including phenoxy) is 1. The fourth-order valence-corrected chi connectivity index (χ4v) is 2.50. The van der Waals surface area contributed by atoms with E-state index in [1.54, 1.807) is 0 Å². The minimum absolute atomic E-state index is 0.107. The van der Waals surface area contributed by atoms with Crippen molar-refractivity contribution >= 4 is 0 Å². The van der Waals surface area contributed by atoms with Crippen LogP contribution in [0.3, 0.4) is 0 Å². The number of aryl methyl sites for hydroxylation is 1. The van der Waals surface area contributed by atoms with Crippen LogP contribution in [-0.2, 0) is 6.42 Å². The molecule has 17 heavy (non-hydrogen) atoms. The van der Waals surface area contributed by atoms with Gasteiger partial charge in [-0.25, -0.2) is 0 Å². The number of nitrogens with two attached hydrogens (primary N) is 1. The lowest BCUT2D eigenvalue weighted by atomic mass is 9.89. The van der Waals surface area contributed by atoms with Crippen LogP contribution in [0.25, 0.3) is 0 Å². The molecule has 1 aromatic rings. The standard InChI is InChI=1S/C15H23NO/c1-4-5-6-11-7-8-14-12(9-11)13(16)10-15(2,3)17-14/h7-9,13H,4-6,10,16H2,1-3H3. The number of unbranched alkanes of at least 4 members (excludes halogenated alkanes) is 1. The van der Waals surface area contributed by atoms with Gasteiger partial charge in [-0.05, 0) is 38.3 Å². The Bertz CT molecular complexity index is 398. The first-order valence-electron chi connectivity index (χ1n) is 6.59. The molecule has 0 saturated heterocycles. The van der Waals surface area contributed by atoms with Gasteiger partial charge in [0.05, 0.1) is 0 Å². The summed E-state index contributed by atoms with van der Waals surface area (Å²) in [6, 6.07) is 6.59. The Morgan fingerprint density at radius 3 is 2.88 bits per heavy atom. The van der Waals surface area contributed by atoms with Crippen LogP contribution in [0.4, 0.5) is 0 Å². The summed E-state index contributed by atoms with van der Waals surface area (Å²) in [5.41, 5.74) is 8.66. The lowest BCUT2D eigenvalue weighted by Gasteiger charge is -2.36. The molecule has 0 spiro atoms. The maximum absolute atomic E-state index is 6.24. The number of hydrogen-bond acceptors (Lipinski definition) is 2. The largest absolute Gasteiger partial charge is 0.487 e. The van der Waals surface area contributed by atoms with E-state index in [1.807, 2.05) is 0 Å². The van der Waals surface area contributed by atoms with Gasteiger partial charge in [-0.2, -0.15) is 0 Å². The molecule has 0 aliphatic carbocycles. The molecular weight excluding hydrogens is 210 g/mol. The Morgan fingerprint density at radius 1 is 1.41 bits per heavy atom. The van der Waals surface area contributed by atoms with Crippen LogP contribution < -0.4 is 10.5 Å². The lowest BCUT2D eigenvalue weighted by Crippen LogP contribution is -2.37. The van der Waals surface area contributed by atoms with Crippen LogP contribution >= 0.6 is 0 Å². The molecule has 1 heterocycles. The van der Waals surface area contributed by atoms with E-state index in [1.165, 1.54) is 24.0 Å². The van der Waals surface area contributed by atoms with E-state index in [4.69, 9.17) is 10.5 Å². The molecule has 0 saturated carbocycles. The molecule has 94 valence electrons. The van der Waals surface area contributed by atoms with Crippen molar-refractivity contribution in [1.82, 2.24) is 0 Å². The molecule has 1 aliphatic rings. The van der Waals surface area contributed by atoms with Crippen molar-refractivity contribution in [2.24, 2.45) is 5.73 Å². The second kappa shape index (κ2) is 4.69. The molecule has 0 fully saturated rings. The van der Waals surface area contributed by atoms with E-state index >= 15 is 0 Å². The highest BCUT2D eigenvalue weighted by Crippen LogP contribution is 2.38. The first kappa shape index (κ1) is 12.4. The molecule has 0 radical (unpaired) electrons. The van der Waals surface area contributed by atoms with Gasteiger partial charge in [-0.3, -0.25) is 0 Å². The fourth-order valence-electron chi connectivity index (χ4n) is 2.50. The third kappa shape index (κ3) is 2.81. The predicted molar refractivity (Wildman–Crippen MR) is 71.3 cm³/mol. The van der Waals surface area contributed by atoms with Crippen LogP contribution in [0.2, 0.25) is 0 Å². The number of hydrogen-bond donors (Lipinski definition) is 1. The molecule has 0 bridgehead atoms. The van der Waals surface area contributed by atoms with Crippen LogP contribution in [0.5, 0.6) is 5.75 Å². The first-order valence-corrected chi connectivity index (χ1v) is 6.59. The predicted octanol–water partition coefficient (Wildman–Crippen LogP) is 3.59. The summed E-state index contributed by atoms with van der Waals surface area (Å²) in [4.78, 5) is 0. The summed E-state index contributed by atoms with van der Waals surface area (Å²) in [5.74, 6) is 0.967. The van der Waals surface area contributed by atoms with Gasteiger partial charge in [0.25, 0.3) is 0 Å². The third-order valence-corrected chi connectivity index (χ3v) is 3.39. The van der Waals surface area contributed by atoms with Crippen LogP contribution in [0.1, 0.15) is 57.2 Å². The molecule has 1 atom stereocenters. The average Bonchev–Trinajstić information content (AvgIpc) is 2.25. The summed E-state index contributed by atoms with van der Waals surface area (Å²) in [6.07, 6.45) is 4.49. The maximum atomic E-state index is 6.24. The zero-order valence-corrected chi connectivity index (χ0v) is 11.1. The Morgan fingerprint density at radius 2 is 2.18 bits per heavy atom. The van der Waals surface area contributed by atoms with Gasteiger partial charge in [0.1, 0.15) is 11.4 Å². The smallest absolute Gasteiger partial charge is 0.124 e. The van der Waals surface area contributed by atoms with Gasteiger partial charge >= 0.3 is 0 Å². The zero-order chi connectivity index (χ0) is 12.5. The van der Waals surface area contributed by atoms with Crippen molar-refractivity contribution in [3.05, 3.63) is 29.3 Å². The second-order valence-corrected chi connectivity index (χ2v) is 5.65. The highest BCUT2D eigenvalue weighted by atomic mass is 16.5. The lowest BCUT2D eigenvalue weighted by molar-refractivity contribution is 0.0728. The summed E-state index contributed by atoms with van der Waals surface area (Å²) < 4.78 is 5.97. The van der Waals surface area contributed by atoms with Crippen LogP contribution in [0, 0.1) is 0 Å². The summed E-state index contributed by atoms with van der Waals surface area (Å²) in [7, 11) is 0. The van der Waals surface area contributed by atoms with Crippen molar-refractivity contribution in [2.75, 3.05) is 0 Å². The summed E-state index contributed by atoms with van der Waals surface area (Å²) in [6.45, 7) is 6.41. The van der Waals surface area contributed by atoms with Crippen molar-refractivity contribution in [3.8, 4) is 5.75 Å². The molecule has 2 heteroatoms. The monoisotopic (exact) mass is 233 g/mol. The average molecular weight is 233 g/mol. The van der Waals surface area contributed by atoms with Gasteiger partial charge < -0.3 is 10.5 Å². The number of rotatable bonds is 3. The maximum Gasteiger partial charge on any atom is 0.124 e. The molecule has 1 unspecified atom stereocenters. The van der Waals surface area contributed by atoms with Crippen molar-refractivity contribution < 1.29 is 4.74 Å². The second-order valence-electron chi connectivity index (χ2n) is 5.65. The normalized spacial score (nSPS) is 21.8. The molecule has 0 amide bonds. The molecule has 2 N–H and O–H groups in total.